The molecule has 1 atom stereocenters. The highest BCUT2D eigenvalue weighted by Crippen LogP contribution is 2.21. The number of hydrogen-bond acceptors (Lipinski definition) is 5. The van der Waals surface area contributed by atoms with E-state index in [4.69, 9.17) is 5.11 Å². The zero-order valence-electron chi connectivity index (χ0n) is 9.59. The van der Waals surface area contributed by atoms with Crippen LogP contribution < -0.4 is 0 Å². The van der Waals surface area contributed by atoms with Crippen molar-refractivity contribution >= 4 is 23.1 Å². The number of thiophene rings is 1. The Kier molecular flexibility index (Phi) is 4.58. The SMILES string of the molecule is CC(CO)CSCc1nc(-c2cccs2)n[nH]1. The Morgan fingerprint density at radius 2 is 2.47 bits per heavy atom. The van der Waals surface area contributed by atoms with Crippen molar-refractivity contribution in [2.75, 3.05) is 12.4 Å². The minimum Gasteiger partial charge on any atom is -0.396 e. The highest BCUT2D eigenvalue weighted by atomic mass is 32.2. The third kappa shape index (κ3) is 3.55. The number of thioether (sulfide) groups is 1. The second-order valence-electron chi connectivity index (χ2n) is 3.89. The molecule has 4 nitrogen and oxygen atoms in total. The molecule has 0 spiro atoms. The van der Waals surface area contributed by atoms with E-state index in [-0.39, 0.29) is 6.61 Å². The van der Waals surface area contributed by atoms with Gasteiger partial charge in [0.05, 0.1) is 10.6 Å². The molecule has 0 radical (unpaired) electrons. The lowest BCUT2D eigenvalue weighted by Crippen LogP contribution is -2.03. The molecule has 2 heterocycles. The van der Waals surface area contributed by atoms with E-state index in [1.54, 1.807) is 23.1 Å². The van der Waals surface area contributed by atoms with E-state index in [1.165, 1.54) is 0 Å². The van der Waals surface area contributed by atoms with Gasteiger partial charge in [0, 0.05) is 6.61 Å². The molecule has 0 aliphatic heterocycles. The van der Waals surface area contributed by atoms with Crippen LogP contribution in [0.4, 0.5) is 0 Å². The highest BCUT2D eigenvalue weighted by Gasteiger charge is 2.07. The molecule has 6 heteroatoms. The molecule has 1 unspecified atom stereocenters. The van der Waals surface area contributed by atoms with Crippen LogP contribution in [0.3, 0.4) is 0 Å². The van der Waals surface area contributed by atoms with Crippen molar-refractivity contribution in [3.05, 3.63) is 23.3 Å². The summed E-state index contributed by atoms with van der Waals surface area (Å²) in [5, 5.41) is 18.1. The molecule has 17 heavy (non-hydrogen) atoms. The number of aromatic nitrogens is 3. The number of nitrogens with zero attached hydrogens (tertiary/aromatic N) is 2. The Balaban J connectivity index is 1.87. The number of rotatable bonds is 6. The monoisotopic (exact) mass is 269 g/mol. The molecular formula is C11H15N3OS2. The molecule has 0 aromatic carbocycles. The van der Waals surface area contributed by atoms with Crippen LogP contribution in [0.2, 0.25) is 0 Å². The summed E-state index contributed by atoms with van der Waals surface area (Å²) in [6.45, 7) is 2.27. The molecule has 0 aliphatic rings. The lowest BCUT2D eigenvalue weighted by molar-refractivity contribution is 0.250. The van der Waals surface area contributed by atoms with Gasteiger partial charge in [0.1, 0.15) is 5.82 Å². The van der Waals surface area contributed by atoms with Crippen molar-refractivity contribution < 1.29 is 5.11 Å². The summed E-state index contributed by atoms with van der Waals surface area (Å²) in [7, 11) is 0. The third-order valence-corrected chi connectivity index (χ3v) is 4.37. The maximum atomic E-state index is 8.91. The Morgan fingerprint density at radius 3 is 3.18 bits per heavy atom. The minimum atomic E-state index is 0.240. The summed E-state index contributed by atoms with van der Waals surface area (Å²) < 4.78 is 0. The fourth-order valence-electron chi connectivity index (χ4n) is 1.29. The minimum absolute atomic E-state index is 0.240. The van der Waals surface area contributed by atoms with Crippen LogP contribution in [0, 0.1) is 5.92 Å². The lowest BCUT2D eigenvalue weighted by atomic mass is 10.2. The lowest BCUT2D eigenvalue weighted by Gasteiger charge is -2.04. The summed E-state index contributed by atoms with van der Waals surface area (Å²) in [6.07, 6.45) is 0. The number of aromatic amines is 1. The quantitative estimate of drug-likeness (QED) is 0.845. The molecule has 0 saturated carbocycles. The molecule has 2 rings (SSSR count). The maximum absolute atomic E-state index is 8.91. The average molecular weight is 269 g/mol. The van der Waals surface area contributed by atoms with E-state index in [9.17, 15) is 0 Å². The molecule has 0 amide bonds. The standard InChI is InChI=1S/C11H15N3OS2/c1-8(5-15)6-16-7-10-12-11(14-13-10)9-3-2-4-17-9/h2-4,8,15H,5-7H2,1H3,(H,12,13,14). The Morgan fingerprint density at radius 1 is 1.59 bits per heavy atom. The molecule has 0 bridgehead atoms. The van der Waals surface area contributed by atoms with Crippen molar-refractivity contribution in [3.8, 4) is 10.7 Å². The second-order valence-corrected chi connectivity index (χ2v) is 5.86. The van der Waals surface area contributed by atoms with Crippen molar-refractivity contribution in [2.45, 2.75) is 12.7 Å². The summed E-state index contributed by atoms with van der Waals surface area (Å²) in [6, 6.07) is 4.01. The predicted molar refractivity (Wildman–Crippen MR) is 72.1 cm³/mol. The summed E-state index contributed by atoms with van der Waals surface area (Å²) >= 11 is 3.40. The van der Waals surface area contributed by atoms with E-state index in [1.807, 2.05) is 24.4 Å². The number of aliphatic hydroxyl groups is 1. The van der Waals surface area contributed by atoms with E-state index in [0.717, 1.165) is 28.0 Å². The summed E-state index contributed by atoms with van der Waals surface area (Å²) in [5.74, 6) is 3.74. The molecule has 2 aromatic heterocycles. The second kappa shape index (κ2) is 6.18. The fraction of sp³-hybridized carbons (Fsp3) is 0.455. The van der Waals surface area contributed by atoms with Gasteiger partial charge in [-0.2, -0.15) is 16.9 Å². The molecule has 0 fully saturated rings. The van der Waals surface area contributed by atoms with Gasteiger partial charge in [-0.05, 0) is 23.1 Å². The Hall–Kier alpha value is -0.850. The topological polar surface area (TPSA) is 61.8 Å². The van der Waals surface area contributed by atoms with Crippen LogP contribution in [-0.4, -0.2) is 32.6 Å². The van der Waals surface area contributed by atoms with Gasteiger partial charge in [0.25, 0.3) is 0 Å². The fourth-order valence-corrected chi connectivity index (χ4v) is 2.89. The van der Waals surface area contributed by atoms with Crippen molar-refractivity contribution in [1.82, 2.24) is 15.2 Å². The Labute approximate surface area is 108 Å². The Bertz CT molecular complexity index is 441. The van der Waals surface area contributed by atoms with Crippen LogP contribution >= 0.6 is 23.1 Å². The molecule has 0 aliphatic carbocycles. The van der Waals surface area contributed by atoms with E-state index in [0.29, 0.717) is 5.92 Å². The summed E-state index contributed by atoms with van der Waals surface area (Å²) in [5.41, 5.74) is 0. The van der Waals surface area contributed by atoms with Gasteiger partial charge < -0.3 is 5.11 Å². The van der Waals surface area contributed by atoms with Crippen molar-refractivity contribution in [2.24, 2.45) is 5.92 Å². The van der Waals surface area contributed by atoms with Gasteiger partial charge in [-0.15, -0.1) is 11.3 Å². The van der Waals surface area contributed by atoms with E-state index >= 15 is 0 Å². The van der Waals surface area contributed by atoms with Crippen LogP contribution in [0.15, 0.2) is 17.5 Å². The molecule has 2 aromatic rings. The van der Waals surface area contributed by atoms with Crippen LogP contribution in [0.5, 0.6) is 0 Å². The van der Waals surface area contributed by atoms with Gasteiger partial charge in [0.2, 0.25) is 0 Å². The number of H-pyrrole nitrogens is 1. The van der Waals surface area contributed by atoms with E-state index < -0.39 is 0 Å². The van der Waals surface area contributed by atoms with E-state index in [2.05, 4.69) is 15.2 Å². The first-order valence-corrected chi connectivity index (χ1v) is 7.46. The van der Waals surface area contributed by atoms with Crippen LogP contribution in [0.25, 0.3) is 10.7 Å². The van der Waals surface area contributed by atoms with Crippen LogP contribution in [0.1, 0.15) is 12.7 Å². The first-order valence-electron chi connectivity index (χ1n) is 5.43. The van der Waals surface area contributed by atoms with Gasteiger partial charge in [-0.1, -0.05) is 13.0 Å². The first kappa shape index (κ1) is 12.6. The summed E-state index contributed by atoms with van der Waals surface area (Å²) in [4.78, 5) is 5.52. The van der Waals surface area contributed by atoms with Crippen LogP contribution in [-0.2, 0) is 5.75 Å². The van der Waals surface area contributed by atoms with Gasteiger partial charge >= 0.3 is 0 Å². The molecule has 0 saturated heterocycles. The number of hydrogen-bond donors (Lipinski definition) is 2. The van der Waals surface area contributed by atoms with Gasteiger partial charge in [-0.25, -0.2) is 4.98 Å². The molecule has 92 valence electrons. The third-order valence-electron chi connectivity index (χ3n) is 2.23. The van der Waals surface area contributed by atoms with Crippen molar-refractivity contribution in [1.29, 1.82) is 0 Å². The zero-order chi connectivity index (χ0) is 12.1. The average Bonchev–Trinajstić information content (AvgIpc) is 2.98. The zero-order valence-corrected chi connectivity index (χ0v) is 11.2. The number of nitrogens with one attached hydrogen (secondary N) is 1. The maximum Gasteiger partial charge on any atom is 0.191 e. The van der Waals surface area contributed by atoms with Gasteiger partial charge in [-0.3, -0.25) is 5.10 Å². The van der Waals surface area contributed by atoms with Gasteiger partial charge in [0.15, 0.2) is 5.82 Å². The largest absolute Gasteiger partial charge is 0.396 e. The number of aliphatic hydroxyl groups excluding tert-OH is 1. The smallest absolute Gasteiger partial charge is 0.191 e. The normalized spacial score (nSPS) is 12.8. The molecule has 2 N–H and O–H groups in total. The van der Waals surface area contributed by atoms with Crippen molar-refractivity contribution in [3.63, 3.8) is 0 Å². The molecular weight excluding hydrogens is 254 g/mol. The highest BCUT2D eigenvalue weighted by molar-refractivity contribution is 7.98. The first-order chi connectivity index (χ1) is 8.29. The predicted octanol–water partition coefficient (Wildman–Crippen LogP) is 2.39.